The minimum absolute atomic E-state index is 0.443. The maximum Gasteiger partial charge on any atom is 0.0420 e. The summed E-state index contributed by atoms with van der Waals surface area (Å²) < 4.78 is 0. The zero-order valence-electron chi connectivity index (χ0n) is 11.0. The van der Waals surface area contributed by atoms with Gasteiger partial charge in [0.15, 0.2) is 0 Å². The Morgan fingerprint density at radius 2 is 2.12 bits per heavy atom. The normalized spacial score (nSPS) is 14.8. The lowest BCUT2D eigenvalue weighted by atomic mass is 9.91. The Balaban J connectivity index is 2.87. The van der Waals surface area contributed by atoms with E-state index in [-0.39, 0.29) is 0 Å². The van der Waals surface area contributed by atoms with Gasteiger partial charge in [0.2, 0.25) is 0 Å². The molecule has 0 aliphatic carbocycles. The van der Waals surface area contributed by atoms with E-state index in [4.69, 9.17) is 0 Å². The fraction of sp³-hybridized carbons (Fsp3) is 0.643. The summed E-state index contributed by atoms with van der Waals surface area (Å²) in [7, 11) is 0. The van der Waals surface area contributed by atoms with E-state index in [1.165, 1.54) is 18.4 Å². The van der Waals surface area contributed by atoms with Crippen LogP contribution in [0.15, 0.2) is 18.3 Å². The zero-order valence-corrected chi connectivity index (χ0v) is 11.0. The highest BCUT2D eigenvalue weighted by Gasteiger charge is 2.18. The number of rotatable bonds is 6. The van der Waals surface area contributed by atoms with Gasteiger partial charge in [-0.1, -0.05) is 33.3 Å². The number of nitrogens with one attached hydrogen (secondary N) is 1. The van der Waals surface area contributed by atoms with E-state index in [2.05, 4.69) is 44.1 Å². The van der Waals surface area contributed by atoms with Crippen molar-refractivity contribution >= 4 is 0 Å². The van der Waals surface area contributed by atoms with Crippen molar-refractivity contribution in [2.24, 2.45) is 5.92 Å². The largest absolute Gasteiger partial charge is 0.310 e. The van der Waals surface area contributed by atoms with Gasteiger partial charge < -0.3 is 5.32 Å². The predicted octanol–water partition coefficient (Wildman–Crippen LogP) is 3.48. The van der Waals surface area contributed by atoms with E-state index in [0.29, 0.717) is 12.0 Å². The van der Waals surface area contributed by atoms with Crippen molar-refractivity contribution < 1.29 is 0 Å². The van der Waals surface area contributed by atoms with E-state index in [0.717, 1.165) is 12.2 Å². The summed E-state index contributed by atoms with van der Waals surface area (Å²) in [5.41, 5.74) is 2.50. The highest BCUT2D eigenvalue weighted by Crippen LogP contribution is 2.25. The molecule has 16 heavy (non-hydrogen) atoms. The van der Waals surface area contributed by atoms with Crippen molar-refractivity contribution in [2.75, 3.05) is 6.54 Å². The second kappa shape index (κ2) is 6.64. The fourth-order valence-corrected chi connectivity index (χ4v) is 1.98. The summed E-state index contributed by atoms with van der Waals surface area (Å²) in [4.78, 5) is 4.38. The number of aromatic nitrogens is 1. The molecule has 1 aromatic rings. The van der Waals surface area contributed by atoms with Crippen molar-refractivity contribution in [2.45, 2.75) is 46.6 Å². The third kappa shape index (κ3) is 3.31. The molecule has 0 saturated carbocycles. The first kappa shape index (κ1) is 13.2. The van der Waals surface area contributed by atoms with Crippen LogP contribution in [0.5, 0.6) is 0 Å². The van der Waals surface area contributed by atoms with E-state index in [1.807, 2.05) is 12.3 Å². The van der Waals surface area contributed by atoms with Gasteiger partial charge >= 0.3 is 0 Å². The molecule has 0 amide bonds. The van der Waals surface area contributed by atoms with Crippen LogP contribution in [0.3, 0.4) is 0 Å². The van der Waals surface area contributed by atoms with Gasteiger partial charge in [-0.3, -0.25) is 4.98 Å². The number of nitrogens with zero attached hydrogens (tertiary/aromatic N) is 1. The molecule has 2 unspecified atom stereocenters. The molecule has 0 fully saturated rings. The van der Waals surface area contributed by atoms with Crippen molar-refractivity contribution in [3.63, 3.8) is 0 Å². The Morgan fingerprint density at radius 3 is 2.69 bits per heavy atom. The monoisotopic (exact) mass is 220 g/mol. The number of aryl methyl sites for hydroxylation is 1. The maximum atomic E-state index is 4.38. The van der Waals surface area contributed by atoms with Crippen molar-refractivity contribution in [3.05, 3.63) is 29.6 Å². The molecule has 0 radical (unpaired) electrons. The maximum absolute atomic E-state index is 4.38. The van der Waals surface area contributed by atoms with Gasteiger partial charge in [0.05, 0.1) is 0 Å². The predicted molar refractivity (Wildman–Crippen MR) is 69.5 cm³/mol. The lowest BCUT2D eigenvalue weighted by Crippen LogP contribution is -2.28. The van der Waals surface area contributed by atoms with Crippen LogP contribution in [0.1, 0.15) is 50.9 Å². The Labute approximate surface area is 99.5 Å². The van der Waals surface area contributed by atoms with Gasteiger partial charge in [-0.15, -0.1) is 0 Å². The van der Waals surface area contributed by atoms with Crippen LogP contribution in [0.2, 0.25) is 0 Å². The molecule has 1 rings (SSSR count). The fourth-order valence-electron chi connectivity index (χ4n) is 1.98. The van der Waals surface area contributed by atoms with Gasteiger partial charge in [0.25, 0.3) is 0 Å². The molecular formula is C14H24N2. The number of hydrogen-bond acceptors (Lipinski definition) is 2. The first-order valence-electron chi connectivity index (χ1n) is 6.35. The van der Waals surface area contributed by atoms with E-state index in [1.54, 1.807) is 0 Å². The molecule has 0 aromatic carbocycles. The van der Waals surface area contributed by atoms with Crippen molar-refractivity contribution in [3.8, 4) is 0 Å². The molecule has 2 nitrogen and oxygen atoms in total. The molecule has 0 aliphatic rings. The van der Waals surface area contributed by atoms with Crippen molar-refractivity contribution in [1.29, 1.82) is 0 Å². The summed E-state index contributed by atoms with van der Waals surface area (Å²) in [6.45, 7) is 9.93. The molecule has 0 aliphatic heterocycles. The Hall–Kier alpha value is -0.890. The molecule has 2 heteroatoms. The Morgan fingerprint density at radius 1 is 1.38 bits per heavy atom. The van der Waals surface area contributed by atoms with Crippen LogP contribution >= 0.6 is 0 Å². The molecule has 90 valence electrons. The van der Waals surface area contributed by atoms with E-state index in [9.17, 15) is 0 Å². The summed E-state index contributed by atoms with van der Waals surface area (Å²) in [6, 6.07) is 4.67. The van der Waals surface area contributed by atoms with E-state index < -0.39 is 0 Å². The van der Waals surface area contributed by atoms with Gasteiger partial charge in [-0.05, 0) is 37.4 Å². The van der Waals surface area contributed by atoms with Crippen LogP contribution in [-0.4, -0.2) is 11.5 Å². The summed E-state index contributed by atoms with van der Waals surface area (Å²) >= 11 is 0. The quantitative estimate of drug-likeness (QED) is 0.794. The molecule has 2 atom stereocenters. The molecule has 1 heterocycles. The summed E-state index contributed by atoms with van der Waals surface area (Å²) in [6.07, 6.45) is 4.23. The third-order valence-corrected chi connectivity index (χ3v) is 3.21. The molecule has 1 aromatic heterocycles. The standard InChI is InChI=1S/C14H24N2/c1-5-9-16-14(11(3)6-2)13-8-7-10-15-12(13)4/h7-8,10-11,14,16H,5-6,9H2,1-4H3. The lowest BCUT2D eigenvalue weighted by molar-refractivity contribution is 0.375. The number of hydrogen-bond donors (Lipinski definition) is 1. The summed E-state index contributed by atoms with van der Waals surface area (Å²) in [5.74, 6) is 0.648. The molecule has 1 N–H and O–H groups in total. The van der Waals surface area contributed by atoms with Gasteiger partial charge in [0, 0.05) is 17.9 Å². The van der Waals surface area contributed by atoms with Crippen LogP contribution in [0, 0.1) is 12.8 Å². The lowest BCUT2D eigenvalue weighted by Gasteiger charge is -2.25. The Bertz CT molecular complexity index is 309. The van der Waals surface area contributed by atoms with Gasteiger partial charge in [-0.25, -0.2) is 0 Å². The first-order valence-corrected chi connectivity index (χ1v) is 6.35. The SMILES string of the molecule is CCCNC(c1cccnc1C)C(C)CC. The molecule has 0 bridgehead atoms. The third-order valence-electron chi connectivity index (χ3n) is 3.21. The smallest absolute Gasteiger partial charge is 0.0420 e. The first-order chi connectivity index (χ1) is 7.70. The van der Waals surface area contributed by atoms with Gasteiger partial charge in [-0.2, -0.15) is 0 Å². The van der Waals surface area contributed by atoms with Crippen LogP contribution in [-0.2, 0) is 0 Å². The molecule has 0 saturated heterocycles. The minimum Gasteiger partial charge on any atom is -0.310 e. The van der Waals surface area contributed by atoms with Crippen LogP contribution in [0.4, 0.5) is 0 Å². The average molecular weight is 220 g/mol. The average Bonchev–Trinajstić information content (AvgIpc) is 2.31. The molecule has 0 spiro atoms. The number of pyridine rings is 1. The van der Waals surface area contributed by atoms with Crippen LogP contribution < -0.4 is 5.32 Å². The second-order valence-corrected chi connectivity index (χ2v) is 4.50. The van der Waals surface area contributed by atoms with Crippen molar-refractivity contribution in [1.82, 2.24) is 10.3 Å². The van der Waals surface area contributed by atoms with Gasteiger partial charge in [0.1, 0.15) is 0 Å². The second-order valence-electron chi connectivity index (χ2n) is 4.50. The highest BCUT2D eigenvalue weighted by atomic mass is 14.9. The van der Waals surface area contributed by atoms with Crippen LogP contribution in [0.25, 0.3) is 0 Å². The zero-order chi connectivity index (χ0) is 12.0. The minimum atomic E-state index is 0.443. The highest BCUT2D eigenvalue weighted by molar-refractivity contribution is 5.23. The Kier molecular flexibility index (Phi) is 5.47. The topological polar surface area (TPSA) is 24.9 Å². The molecular weight excluding hydrogens is 196 g/mol. The summed E-state index contributed by atoms with van der Waals surface area (Å²) in [5, 5.41) is 3.64. The van der Waals surface area contributed by atoms with E-state index >= 15 is 0 Å².